The second-order valence-electron chi connectivity index (χ2n) is 5.58. The highest BCUT2D eigenvalue weighted by Crippen LogP contribution is 2.33. The molecule has 0 saturated carbocycles. The number of aromatic nitrogens is 2. The number of benzene rings is 2. The summed E-state index contributed by atoms with van der Waals surface area (Å²) in [6.07, 6.45) is 3.41. The van der Waals surface area contributed by atoms with E-state index in [9.17, 15) is 4.91 Å². The van der Waals surface area contributed by atoms with Gasteiger partial charge in [-0.1, -0.05) is 41.0 Å². The van der Waals surface area contributed by atoms with Crippen molar-refractivity contribution >= 4 is 23.0 Å². The van der Waals surface area contributed by atoms with Crippen LogP contribution < -0.4 is 5.32 Å². The van der Waals surface area contributed by atoms with E-state index < -0.39 is 6.04 Å². The van der Waals surface area contributed by atoms with Crippen LogP contribution >= 0.6 is 11.6 Å². The number of hydrogen-bond donors (Lipinski definition) is 1. The van der Waals surface area contributed by atoms with Gasteiger partial charge in [-0.3, -0.25) is 0 Å². The number of para-hydroxylation sites is 1. The molecule has 0 aliphatic heterocycles. The average Bonchev–Trinajstić information content (AvgIpc) is 2.98. The van der Waals surface area contributed by atoms with Crippen LogP contribution in [0.15, 0.2) is 60.0 Å². The third-order valence-electron chi connectivity index (χ3n) is 3.93. The summed E-state index contributed by atoms with van der Waals surface area (Å²) in [6, 6.07) is 12.8. The summed E-state index contributed by atoms with van der Waals surface area (Å²) in [4.78, 5) is 15.6. The fourth-order valence-electron chi connectivity index (χ4n) is 2.58. The van der Waals surface area contributed by atoms with Gasteiger partial charge in [-0.05, 0) is 30.7 Å². The summed E-state index contributed by atoms with van der Waals surface area (Å²) in [7, 11) is 1.82. The summed E-state index contributed by atoms with van der Waals surface area (Å²) < 4.78 is 1.77. The molecule has 0 saturated heterocycles. The molecular formula is C18H17ClN4O. The van der Waals surface area contributed by atoms with Gasteiger partial charge in [0.05, 0.1) is 0 Å². The highest BCUT2D eigenvalue weighted by atomic mass is 35.5. The molecule has 1 N–H and O–H groups in total. The van der Waals surface area contributed by atoms with Crippen LogP contribution in [-0.4, -0.2) is 9.55 Å². The Kier molecular flexibility index (Phi) is 4.62. The van der Waals surface area contributed by atoms with E-state index in [0.717, 1.165) is 16.9 Å². The van der Waals surface area contributed by atoms with E-state index in [0.29, 0.717) is 16.4 Å². The number of halogens is 1. The fourth-order valence-corrected chi connectivity index (χ4v) is 2.86. The van der Waals surface area contributed by atoms with Crippen molar-refractivity contribution in [2.24, 2.45) is 12.2 Å². The van der Waals surface area contributed by atoms with Crippen LogP contribution in [0.5, 0.6) is 0 Å². The number of anilines is 2. The van der Waals surface area contributed by atoms with E-state index in [1.807, 2.05) is 50.4 Å². The number of nitrogens with one attached hydrogen (secondary N) is 1. The van der Waals surface area contributed by atoms with Crippen molar-refractivity contribution < 1.29 is 0 Å². The Morgan fingerprint density at radius 3 is 2.67 bits per heavy atom. The third kappa shape index (κ3) is 3.16. The second kappa shape index (κ2) is 6.84. The monoisotopic (exact) mass is 340 g/mol. The maximum Gasteiger partial charge on any atom is 0.176 e. The van der Waals surface area contributed by atoms with Crippen LogP contribution in [-0.2, 0) is 7.05 Å². The standard InChI is InChI=1S/C18H17ClN4O/c1-12-5-3-4-6-16(12)21-13-7-8-14(15(19)11-13)17(22-24)18-20-9-10-23(18)2/h3-11,17,21H,1-2H3. The maximum atomic E-state index is 11.4. The van der Waals surface area contributed by atoms with Gasteiger partial charge in [0.2, 0.25) is 0 Å². The zero-order chi connectivity index (χ0) is 17.1. The van der Waals surface area contributed by atoms with E-state index in [1.54, 1.807) is 23.0 Å². The van der Waals surface area contributed by atoms with Crippen molar-refractivity contribution in [1.29, 1.82) is 0 Å². The Hall–Kier alpha value is -2.66. The Balaban J connectivity index is 1.91. The number of hydrogen-bond acceptors (Lipinski definition) is 4. The smallest absolute Gasteiger partial charge is 0.176 e. The molecule has 0 fully saturated rings. The van der Waals surface area contributed by atoms with Crippen LogP contribution in [0.4, 0.5) is 11.4 Å². The molecule has 1 heterocycles. The first-order valence-electron chi connectivity index (χ1n) is 7.52. The van der Waals surface area contributed by atoms with Gasteiger partial charge in [0.25, 0.3) is 0 Å². The zero-order valence-corrected chi connectivity index (χ0v) is 14.2. The molecule has 0 aliphatic rings. The first kappa shape index (κ1) is 16.2. The van der Waals surface area contributed by atoms with Crippen LogP contribution in [0.2, 0.25) is 5.02 Å². The van der Waals surface area contributed by atoms with Gasteiger partial charge >= 0.3 is 0 Å². The maximum absolute atomic E-state index is 11.4. The van der Waals surface area contributed by atoms with E-state index in [4.69, 9.17) is 11.6 Å². The first-order valence-corrected chi connectivity index (χ1v) is 7.89. The molecule has 0 aliphatic carbocycles. The first-order chi connectivity index (χ1) is 11.6. The molecule has 3 aromatic rings. The molecular weight excluding hydrogens is 324 g/mol. The lowest BCUT2D eigenvalue weighted by Gasteiger charge is -2.14. The molecule has 0 bridgehead atoms. The molecule has 0 spiro atoms. The third-order valence-corrected chi connectivity index (χ3v) is 4.25. The van der Waals surface area contributed by atoms with E-state index in [2.05, 4.69) is 15.5 Å². The van der Waals surface area contributed by atoms with Crippen molar-refractivity contribution in [2.45, 2.75) is 13.0 Å². The van der Waals surface area contributed by atoms with Gasteiger partial charge in [-0.15, -0.1) is 4.91 Å². The number of imidazole rings is 1. The Morgan fingerprint density at radius 2 is 2.04 bits per heavy atom. The Labute approximate surface area is 145 Å². The molecule has 6 heteroatoms. The van der Waals surface area contributed by atoms with Crippen molar-refractivity contribution in [1.82, 2.24) is 9.55 Å². The average molecular weight is 341 g/mol. The summed E-state index contributed by atoms with van der Waals surface area (Å²) >= 11 is 6.40. The van der Waals surface area contributed by atoms with Gasteiger partial charge < -0.3 is 9.88 Å². The van der Waals surface area contributed by atoms with Gasteiger partial charge in [-0.25, -0.2) is 4.98 Å². The number of nitroso groups, excluding NO2 is 1. The summed E-state index contributed by atoms with van der Waals surface area (Å²) in [6.45, 7) is 2.03. The summed E-state index contributed by atoms with van der Waals surface area (Å²) in [5.74, 6) is 0.562. The van der Waals surface area contributed by atoms with E-state index in [-0.39, 0.29) is 0 Å². The lowest BCUT2D eigenvalue weighted by atomic mass is 10.1. The van der Waals surface area contributed by atoms with Crippen LogP contribution in [0.3, 0.4) is 0 Å². The Bertz CT molecular complexity index is 875. The van der Waals surface area contributed by atoms with Crippen molar-refractivity contribution in [3.8, 4) is 0 Å². The summed E-state index contributed by atoms with van der Waals surface area (Å²) in [5, 5.41) is 7.01. The van der Waals surface area contributed by atoms with E-state index in [1.165, 1.54) is 0 Å². The van der Waals surface area contributed by atoms with Crippen molar-refractivity contribution in [2.75, 3.05) is 5.32 Å². The fraction of sp³-hybridized carbons (Fsp3) is 0.167. The lowest BCUT2D eigenvalue weighted by molar-refractivity contribution is 0.714. The predicted molar refractivity (Wildman–Crippen MR) is 96.8 cm³/mol. The molecule has 122 valence electrons. The number of nitrogens with zero attached hydrogens (tertiary/aromatic N) is 3. The topological polar surface area (TPSA) is 59.3 Å². The molecule has 1 atom stereocenters. The highest BCUT2D eigenvalue weighted by molar-refractivity contribution is 6.31. The molecule has 0 amide bonds. The van der Waals surface area contributed by atoms with E-state index >= 15 is 0 Å². The molecule has 5 nitrogen and oxygen atoms in total. The van der Waals surface area contributed by atoms with Gasteiger partial charge in [0, 0.05) is 41.4 Å². The van der Waals surface area contributed by atoms with Gasteiger partial charge in [-0.2, -0.15) is 0 Å². The SMILES string of the molecule is Cc1ccccc1Nc1ccc(C(N=O)c2nccn2C)c(Cl)c1. The number of aryl methyl sites for hydroxylation is 2. The second-order valence-corrected chi connectivity index (χ2v) is 5.99. The van der Waals surface area contributed by atoms with Gasteiger partial charge in [0.15, 0.2) is 6.04 Å². The van der Waals surface area contributed by atoms with Crippen LogP contribution in [0, 0.1) is 11.8 Å². The van der Waals surface area contributed by atoms with Crippen molar-refractivity contribution in [3.63, 3.8) is 0 Å². The van der Waals surface area contributed by atoms with Crippen LogP contribution in [0.25, 0.3) is 0 Å². The highest BCUT2D eigenvalue weighted by Gasteiger charge is 2.22. The molecule has 24 heavy (non-hydrogen) atoms. The lowest BCUT2D eigenvalue weighted by Crippen LogP contribution is -2.06. The zero-order valence-electron chi connectivity index (χ0n) is 13.4. The predicted octanol–water partition coefficient (Wildman–Crippen LogP) is 4.98. The molecule has 3 rings (SSSR count). The molecule has 0 radical (unpaired) electrons. The van der Waals surface area contributed by atoms with Crippen LogP contribution in [0.1, 0.15) is 23.0 Å². The van der Waals surface area contributed by atoms with Crippen molar-refractivity contribution in [3.05, 3.63) is 81.7 Å². The summed E-state index contributed by atoms with van der Waals surface area (Å²) in [5.41, 5.74) is 3.63. The molecule has 2 aromatic carbocycles. The van der Waals surface area contributed by atoms with Gasteiger partial charge in [0.1, 0.15) is 5.82 Å². The molecule has 1 aromatic heterocycles. The largest absolute Gasteiger partial charge is 0.355 e. The minimum Gasteiger partial charge on any atom is -0.355 e. The Morgan fingerprint density at radius 1 is 1.25 bits per heavy atom. The minimum absolute atomic E-state index is 0.473. The quantitative estimate of drug-likeness (QED) is 0.666. The normalized spacial score (nSPS) is 12.0. The molecule has 1 unspecified atom stereocenters. The number of rotatable bonds is 5. The minimum atomic E-state index is -0.731.